The van der Waals surface area contributed by atoms with Crippen LogP contribution in [0.3, 0.4) is 0 Å². The number of aryl methyl sites for hydroxylation is 1. The molecule has 0 aliphatic rings. The zero-order valence-corrected chi connectivity index (χ0v) is 11.7. The van der Waals surface area contributed by atoms with Gasteiger partial charge in [-0.1, -0.05) is 15.9 Å². The standard InChI is InChI=1S/C10H10BrIO2/c1-6-3-8(12)4-7(10(6)11)5-9(13)14-2/h3-4H,5H2,1-2H3. The Morgan fingerprint density at radius 2 is 2.21 bits per heavy atom. The van der Waals surface area contributed by atoms with Crippen LogP contribution in [0.15, 0.2) is 16.6 Å². The van der Waals surface area contributed by atoms with Crippen LogP contribution in [0.2, 0.25) is 0 Å². The van der Waals surface area contributed by atoms with Crippen molar-refractivity contribution in [3.8, 4) is 0 Å². The molecule has 1 rings (SSSR count). The summed E-state index contributed by atoms with van der Waals surface area (Å²) in [5.41, 5.74) is 2.11. The van der Waals surface area contributed by atoms with Crippen molar-refractivity contribution in [3.63, 3.8) is 0 Å². The summed E-state index contributed by atoms with van der Waals surface area (Å²) in [5, 5.41) is 0. The van der Waals surface area contributed by atoms with Crippen LogP contribution >= 0.6 is 38.5 Å². The molecule has 4 heteroatoms. The van der Waals surface area contributed by atoms with Crippen molar-refractivity contribution in [2.75, 3.05) is 7.11 Å². The molecule has 76 valence electrons. The Balaban J connectivity index is 3.02. The number of methoxy groups -OCH3 is 1. The molecule has 0 bridgehead atoms. The van der Waals surface area contributed by atoms with Crippen LogP contribution in [0, 0.1) is 10.5 Å². The fourth-order valence-electron chi connectivity index (χ4n) is 1.15. The number of rotatable bonds is 2. The van der Waals surface area contributed by atoms with Gasteiger partial charge in [-0.2, -0.15) is 0 Å². The molecule has 0 heterocycles. The predicted octanol–water partition coefficient (Wildman–Crippen LogP) is 3.08. The smallest absolute Gasteiger partial charge is 0.310 e. The molecule has 0 saturated heterocycles. The van der Waals surface area contributed by atoms with E-state index in [4.69, 9.17) is 0 Å². The maximum Gasteiger partial charge on any atom is 0.310 e. The lowest BCUT2D eigenvalue weighted by molar-refractivity contribution is -0.139. The number of carbonyl (C=O) groups excluding carboxylic acids is 1. The number of hydrogen-bond acceptors (Lipinski definition) is 2. The maximum absolute atomic E-state index is 11.1. The van der Waals surface area contributed by atoms with Crippen LogP contribution < -0.4 is 0 Å². The topological polar surface area (TPSA) is 26.3 Å². The van der Waals surface area contributed by atoms with E-state index in [0.717, 1.165) is 19.2 Å². The van der Waals surface area contributed by atoms with Gasteiger partial charge >= 0.3 is 5.97 Å². The van der Waals surface area contributed by atoms with Gasteiger partial charge < -0.3 is 4.74 Å². The van der Waals surface area contributed by atoms with E-state index in [1.165, 1.54) is 7.11 Å². The number of esters is 1. The number of halogens is 2. The Morgan fingerprint density at radius 3 is 2.79 bits per heavy atom. The predicted molar refractivity (Wildman–Crippen MR) is 67.3 cm³/mol. The Labute approximate surface area is 105 Å². The van der Waals surface area contributed by atoms with Crippen LogP contribution in [-0.4, -0.2) is 13.1 Å². The number of carbonyl (C=O) groups is 1. The first-order valence-electron chi connectivity index (χ1n) is 4.06. The van der Waals surface area contributed by atoms with E-state index in [2.05, 4.69) is 49.3 Å². The van der Waals surface area contributed by atoms with Gasteiger partial charge in [-0.15, -0.1) is 0 Å². The van der Waals surface area contributed by atoms with E-state index >= 15 is 0 Å². The molecule has 0 N–H and O–H groups in total. The Bertz CT molecular complexity index is 363. The van der Waals surface area contributed by atoms with Gasteiger partial charge in [0.1, 0.15) is 0 Å². The summed E-state index contributed by atoms with van der Waals surface area (Å²) in [7, 11) is 1.40. The first kappa shape index (κ1) is 12.0. The maximum atomic E-state index is 11.1. The van der Waals surface area contributed by atoms with Crippen LogP contribution in [0.1, 0.15) is 11.1 Å². The molecule has 0 amide bonds. The molecule has 2 nitrogen and oxygen atoms in total. The summed E-state index contributed by atoms with van der Waals surface area (Å²) in [6, 6.07) is 4.04. The second kappa shape index (κ2) is 5.11. The van der Waals surface area contributed by atoms with Crippen LogP contribution in [0.5, 0.6) is 0 Å². The van der Waals surface area contributed by atoms with E-state index in [1.54, 1.807) is 0 Å². The molecule has 1 aromatic rings. The van der Waals surface area contributed by atoms with E-state index in [-0.39, 0.29) is 5.97 Å². The molecule has 0 atom stereocenters. The second-order valence-corrected chi connectivity index (χ2v) is 4.99. The molecule has 0 unspecified atom stereocenters. The normalized spacial score (nSPS) is 10.0. The molecule has 14 heavy (non-hydrogen) atoms. The fourth-order valence-corrected chi connectivity index (χ4v) is 2.36. The highest BCUT2D eigenvalue weighted by Crippen LogP contribution is 2.24. The number of ether oxygens (including phenoxy) is 1. The van der Waals surface area contributed by atoms with E-state index in [1.807, 2.05) is 13.0 Å². The van der Waals surface area contributed by atoms with Gasteiger partial charge in [0.25, 0.3) is 0 Å². The molecule has 0 spiro atoms. The van der Waals surface area contributed by atoms with Gasteiger partial charge in [0.15, 0.2) is 0 Å². The van der Waals surface area contributed by atoms with E-state index in [0.29, 0.717) is 6.42 Å². The third kappa shape index (κ3) is 2.95. The average Bonchev–Trinajstić information content (AvgIpc) is 2.13. The van der Waals surface area contributed by atoms with Gasteiger partial charge in [0, 0.05) is 8.04 Å². The lowest BCUT2D eigenvalue weighted by Gasteiger charge is -2.07. The van der Waals surface area contributed by atoms with Crippen LogP contribution in [0.4, 0.5) is 0 Å². The number of benzene rings is 1. The van der Waals surface area contributed by atoms with E-state index < -0.39 is 0 Å². The van der Waals surface area contributed by atoms with Crippen molar-refractivity contribution in [1.82, 2.24) is 0 Å². The molecule has 0 aromatic heterocycles. The minimum absolute atomic E-state index is 0.216. The lowest BCUT2D eigenvalue weighted by Crippen LogP contribution is -2.05. The van der Waals surface area contributed by atoms with Crippen molar-refractivity contribution in [1.29, 1.82) is 0 Å². The molecule has 0 aliphatic carbocycles. The zero-order valence-electron chi connectivity index (χ0n) is 7.93. The van der Waals surface area contributed by atoms with Crippen molar-refractivity contribution >= 4 is 44.5 Å². The van der Waals surface area contributed by atoms with Gasteiger partial charge in [-0.3, -0.25) is 4.79 Å². The van der Waals surface area contributed by atoms with Gasteiger partial charge in [0.05, 0.1) is 13.5 Å². The largest absolute Gasteiger partial charge is 0.469 e. The molecular weight excluding hydrogens is 359 g/mol. The highest BCUT2D eigenvalue weighted by atomic mass is 127. The molecule has 0 saturated carbocycles. The Morgan fingerprint density at radius 1 is 1.57 bits per heavy atom. The first-order valence-corrected chi connectivity index (χ1v) is 5.93. The molecule has 1 aromatic carbocycles. The minimum Gasteiger partial charge on any atom is -0.469 e. The molecule has 0 fully saturated rings. The Kier molecular flexibility index (Phi) is 4.37. The first-order chi connectivity index (χ1) is 6.54. The number of hydrogen-bond donors (Lipinski definition) is 0. The van der Waals surface area contributed by atoms with Crippen molar-refractivity contribution in [2.45, 2.75) is 13.3 Å². The van der Waals surface area contributed by atoms with Gasteiger partial charge in [-0.05, 0) is 52.8 Å². The minimum atomic E-state index is -0.216. The average molecular weight is 369 g/mol. The lowest BCUT2D eigenvalue weighted by atomic mass is 10.1. The van der Waals surface area contributed by atoms with Crippen LogP contribution in [-0.2, 0) is 16.0 Å². The molecule has 0 aliphatic heterocycles. The van der Waals surface area contributed by atoms with E-state index in [9.17, 15) is 4.79 Å². The van der Waals surface area contributed by atoms with Gasteiger partial charge in [-0.25, -0.2) is 0 Å². The molecular formula is C10H10BrIO2. The Hall–Kier alpha value is -0.100. The summed E-state index contributed by atoms with van der Waals surface area (Å²) in [6.07, 6.45) is 0.314. The van der Waals surface area contributed by atoms with Crippen LogP contribution in [0.25, 0.3) is 0 Å². The summed E-state index contributed by atoms with van der Waals surface area (Å²) >= 11 is 5.69. The van der Waals surface area contributed by atoms with Gasteiger partial charge in [0.2, 0.25) is 0 Å². The fraction of sp³-hybridized carbons (Fsp3) is 0.300. The quantitative estimate of drug-likeness (QED) is 0.592. The monoisotopic (exact) mass is 368 g/mol. The summed E-state index contributed by atoms with van der Waals surface area (Å²) in [4.78, 5) is 11.1. The SMILES string of the molecule is COC(=O)Cc1cc(I)cc(C)c1Br. The second-order valence-electron chi connectivity index (χ2n) is 2.95. The van der Waals surface area contributed by atoms with Crippen molar-refractivity contribution in [2.24, 2.45) is 0 Å². The third-order valence-electron chi connectivity index (χ3n) is 1.86. The highest BCUT2D eigenvalue weighted by molar-refractivity contribution is 14.1. The summed E-state index contributed by atoms with van der Waals surface area (Å²) in [5.74, 6) is -0.216. The van der Waals surface area contributed by atoms with Crippen molar-refractivity contribution < 1.29 is 9.53 Å². The zero-order chi connectivity index (χ0) is 10.7. The van der Waals surface area contributed by atoms with Crippen molar-refractivity contribution in [3.05, 3.63) is 31.3 Å². The summed E-state index contributed by atoms with van der Waals surface area (Å²) < 4.78 is 6.74. The highest BCUT2D eigenvalue weighted by Gasteiger charge is 2.09. The summed E-state index contributed by atoms with van der Waals surface area (Å²) in [6.45, 7) is 2.01. The third-order valence-corrected chi connectivity index (χ3v) is 3.61. The molecule has 0 radical (unpaired) electrons.